The van der Waals surface area contributed by atoms with Crippen molar-refractivity contribution < 1.29 is 4.39 Å². The fourth-order valence-corrected chi connectivity index (χ4v) is 5.78. The van der Waals surface area contributed by atoms with Gasteiger partial charge in [-0.25, -0.2) is 9.37 Å². The average molecular weight is 489 g/mol. The molecule has 178 valence electrons. The first kappa shape index (κ1) is 23.0. The third-order valence-electron chi connectivity index (χ3n) is 6.56. The molecule has 2 atom stereocenters. The minimum atomic E-state index is -0.269. The molecule has 1 aliphatic heterocycles. The van der Waals surface area contributed by atoms with Gasteiger partial charge in [-0.2, -0.15) is 0 Å². The average Bonchev–Trinajstić information content (AvgIpc) is 3.24. The molecule has 5 rings (SSSR count). The molecule has 0 unspecified atom stereocenters. The predicted octanol–water partition coefficient (Wildman–Crippen LogP) is 5.16. The smallest absolute Gasteiger partial charge is 0.270 e. The lowest BCUT2D eigenvalue weighted by Gasteiger charge is -2.45. The highest BCUT2D eigenvalue weighted by Gasteiger charge is 2.34. The monoisotopic (exact) mass is 488 g/mol. The molecule has 1 aromatic carbocycles. The van der Waals surface area contributed by atoms with Gasteiger partial charge in [-0.05, 0) is 57.2 Å². The third kappa shape index (κ3) is 4.04. The molecule has 0 amide bonds. The summed E-state index contributed by atoms with van der Waals surface area (Å²) in [7, 11) is 1.72. The topological polar surface area (TPSA) is 58.6 Å². The van der Waals surface area contributed by atoms with Gasteiger partial charge in [-0.15, -0.1) is 16.3 Å². The van der Waals surface area contributed by atoms with Crippen LogP contribution in [0, 0.1) is 19.3 Å². The van der Waals surface area contributed by atoms with Gasteiger partial charge in [0.1, 0.15) is 16.5 Å². The third-order valence-corrected chi connectivity index (χ3v) is 7.57. The van der Waals surface area contributed by atoms with E-state index in [2.05, 4.69) is 33.5 Å². The molecule has 1 saturated heterocycles. The molecular weight excluding hydrogens is 463 g/mol. The second kappa shape index (κ2) is 8.78. The molecule has 0 aliphatic carbocycles. The van der Waals surface area contributed by atoms with Crippen LogP contribution in [0.3, 0.4) is 0 Å². The molecule has 7 nitrogen and oxygen atoms in total. The lowest BCUT2D eigenvalue weighted by molar-refractivity contribution is 0.484. The van der Waals surface area contributed by atoms with Crippen molar-refractivity contribution in [2.45, 2.75) is 32.9 Å². The largest absolute Gasteiger partial charge is 0.361 e. The van der Waals surface area contributed by atoms with Gasteiger partial charge in [0.2, 0.25) is 5.52 Å². The van der Waals surface area contributed by atoms with Crippen molar-refractivity contribution in [3.8, 4) is 11.3 Å². The summed E-state index contributed by atoms with van der Waals surface area (Å²) in [6.07, 6.45) is 0. The first-order chi connectivity index (χ1) is 16.8. The van der Waals surface area contributed by atoms with E-state index >= 15 is 0 Å². The van der Waals surface area contributed by atoms with Crippen molar-refractivity contribution >= 4 is 38.9 Å². The number of hydrogen-bond donors (Lipinski definition) is 0. The Balaban J connectivity index is 1.53. The summed E-state index contributed by atoms with van der Waals surface area (Å²) in [5.41, 5.74) is 3.77. The summed E-state index contributed by atoms with van der Waals surface area (Å²) in [6, 6.07) is 11.7. The number of hydrogen-bond acceptors (Lipinski definition) is 6. The number of aromatic nitrogens is 3. The maximum atomic E-state index is 13.5. The van der Waals surface area contributed by atoms with Gasteiger partial charge < -0.3 is 19.2 Å². The van der Waals surface area contributed by atoms with Crippen LogP contribution in [0.25, 0.3) is 27.1 Å². The number of aryl methyl sites for hydroxylation is 2. The zero-order chi connectivity index (χ0) is 24.9. The molecule has 1 fully saturated rings. The van der Waals surface area contributed by atoms with Crippen molar-refractivity contribution in [3.05, 3.63) is 75.1 Å². The first-order valence-corrected chi connectivity index (χ1v) is 12.2. The molecule has 9 heteroatoms. The summed E-state index contributed by atoms with van der Waals surface area (Å²) in [5.74, 6) is 0.0369. The Labute approximate surface area is 206 Å². The first-order valence-electron chi connectivity index (χ1n) is 11.4. The van der Waals surface area contributed by atoms with E-state index in [1.807, 2.05) is 6.92 Å². The van der Waals surface area contributed by atoms with Crippen LogP contribution in [0.1, 0.15) is 18.9 Å². The Morgan fingerprint density at radius 1 is 1.06 bits per heavy atom. The summed E-state index contributed by atoms with van der Waals surface area (Å²) in [4.78, 5) is 30.1. The highest BCUT2D eigenvalue weighted by Crippen LogP contribution is 2.39. The Morgan fingerprint density at radius 2 is 1.74 bits per heavy atom. The number of nitrogens with zero attached hydrogens (tertiary/aromatic N) is 6. The summed E-state index contributed by atoms with van der Waals surface area (Å²) < 4.78 is 15.1. The fraction of sp³-hybridized carbons (Fsp3) is 0.308. The van der Waals surface area contributed by atoms with Gasteiger partial charge in [-0.1, -0.05) is 6.57 Å². The minimum Gasteiger partial charge on any atom is -0.361 e. The fourth-order valence-electron chi connectivity index (χ4n) is 4.73. The zero-order valence-electron chi connectivity index (χ0n) is 20.0. The number of piperazine rings is 1. The van der Waals surface area contributed by atoms with E-state index in [-0.39, 0.29) is 23.5 Å². The van der Waals surface area contributed by atoms with Gasteiger partial charge in [-0.3, -0.25) is 4.79 Å². The molecule has 35 heavy (non-hydrogen) atoms. The Bertz CT molecular complexity index is 1520. The van der Waals surface area contributed by atoms with Crippen LogP contribution >= 0.6 is 11.3 Å². The summed E-state index contributed by atoms with van der Waals surface area (Å²) in [6.45, 7) is 15.0. The standard InChI is InChI=1S/C26H25FN6OS/c1-15-14-33(26-24(29-17(3)35-26)18-6-8-19(27)9-7-18)16(2)13-32(15)21-12-23(34)31(5)20-10-11-22(28-4)30-25(20)21/h6-12,15-16H,13-14H2,1-3,5H3/t15-,16+/m0/s1. The van der Waals surface area contributed by atoms with Crippen LogP contribution in [-0.4, -0.2) is 39.7 Å². The number of halogens is 1. The quantitative estimate of drug-likeness (QED) is 0.373. The normalized spacial score (nSPS) is 18.2. The Kier molecular flexibility index (Phi) is 5.77. The van der Waals surface area contributed by atoms with Crippen molar-refractivity contribution in [2.24, 2.45) is 7.05 Å². The number of fused-ring (bicyclic) bond motifs is 1. The number of thiazole rings is 1. The second-order valence-corrected chi connectivity index (χ2v) is 10.2. The molecule has 0 N–H and O–H groups in total. The van der Waals surface area contributed by atoms with E-state index in [1.54, 1.807) is 53.3 Å². The highest BCUT2D eigenvalue weighted by molar-refractivity contribution is 7.16. The van der Waals surface area contributed by atoms with Crippen LogP contribution in [0.15, 0.2) is 47.3 Å². The maximum absolute atomic E-state index is 13.5. The van der Waals surface area contributed by atoms with Crippen LogP contribution in [0.5, 0.6) is 0 Å². The summed E-state index contributed by atoms with van der Waals surface area (Å²) >= 11 is 1.64. The molecular formula is C26H25FN6OS. The molecule has 0 bridgehead atoms. The molecule has 0 spiro atoms. The Morgan fingerprint density at radius 3 is 2.46 bits per heavy atom. The van der Waals surface area contributed by atoms with Crippen molar-refractivity contribution in [1.82, 2.24) is 14.5 Å². The molecule has 0 radical (unpaired) electrons. The molecule has 0 saturated carbocycles. The number of benzene rings is 1. The van der Waals surface area contributed by atoms with E-state index in [0.29, 0.717) is 23.4 Å². The second-order valence-electron chi connectivity index (χ2n) is 8.97. The van der Waals surface area contributed by atoms with E-state index in [4.69, 9.17) is 11.6 Å². The Hall–Kier alpha value is -3.77. The van der Waals surface area contributed by atoms with E-state index in [1.165, 1.54) is 12.1 Å². The van der Waals surface area contributed by atoms with E-state index in [9.17, 15) is 9.18 Å². The van der Waals surface area contributed by atoms with Crippen LogP contribution in [0.2, 0.25) is 0 Å². The van der Waals surface area contributed by atoms with Gasteiger partial charge in [0.05, 0.1) is 16.2 Å². The van der Waals surface area contributed by atoms with E-state index in [0.717, 1.165) is 33.5 Å². The zero-order valence-corrected chi connectivity index (χ0v) is 20.8. The minimum absolute atomic E-state index is 0.0726. The summed E-state index contributed by atoms with van der Waals surface area (Å²) in [5, 5.41) is 2.02. The SMILES string of the molecule is [C-]#[N+]c1ccc2c(n1)c(N1C[C@@H](C)N(c3sc(C)nc3-c3ccc(F)cc3)C[C@@H]1C)cc(=O)n2C. The number of anilines is 2. The van der Waals surface area contributed by atoms with Gasteiger partial charge in [0, 0.05) is 43.9 Å². The molecule has 4 aromatic rings. The molecule has 3 aromatic heterocycles. The van der Waals surface area contributed by atoms with Crippen molar-refractivity contribution in [1.29, 1.82) is 0 Å². The van der Waals surface area contributed by atoms with Crippen molar-refractivity contribution in [3.63, 3.8) is 0 Å². The van der Waals surface area contributed by atoms with Gasteiger partial charge >= 0.3 is 0 Å². The molecule has 4 heterocycles. The van der Waals surface area contributed by atoms with Crippen LogP contribution in [-0.2, 0) is 7.05 Å². The van der Waals surface area contributed by atoms with Crippen molar-refractivity contribution in [2.75, 3.05) is 22.9 Å². The van der Waals surface area contributed by atoms with Crippen LogP contribution < -0.4 is 15.4 Å². The highest BCUT2D eigenvalue weighted by atomic mass is 32.1. The van der Waals surface area contributed by atoms with E-state index < -0.39 is 0 Å². The lowest BCUT2D eigenvalue weighted by atomic mass is 10.1. The van der Waals surface area contributed by atoms with Crippen LogP contribution in [0.4, 0.5) is 20.9 Å². The maximum Gasteiger partial charge on any atom is 0.270 e. The number of rotatable bonds is 3. The number of pyridine rings is 2. The van der Waals surface area contributed by atoms with Gasteiger partial charge in [0.15, 0.2) is 0 Å². The molecule has 1 aliphatic rings. The predicted molar refractivity (Wildman–Crippen MR) is 139 cm³/mol. The van der Waals surface area contributed by atoms with Gasteiger partial charge in [0.25, 0.3) is 11.4 Å². The lowest BCUT2D eigenvalue weighted by Crippen LogP contribution is -2.57.